The van der Waals surface area contributed by atoms with E-state index < -0.39 is 0 Å². The van der Waals surface area contributed by atoms with Crippen molar-refractivity contribution in [3.63, 3.8) is 0 Å². The number of carbonyl (C=O) groups excluding carboxylic acids is 1. The molecule has 2 aromatic rings. The van der Waals surface area contributed by atoms with Crippen LogP contribution in [0.1, 0.15) is 25.3 Å². The average Bonchev–Trinajstić information content (AvgIpc) is 3.16. The molecule has 1 heterocycles. The first-order chi connectivity index (χ1) is 9.74. The van der Waals surface area contributed by atoms with Crippen molar-refractivity contribution in [2.45, 2.75) is 35.9 Å². The SMILES string of the molecule is CC(=O)N(c1nnc(SCc2ccccc2)s1)C1CC1. The molecule has 0 bridgehead atoms. The van der Waals surface area contributed by atoms with Crippen LogP contribution >= 0.6 is 23.1 Å². The predicted octanol–water partition coefficient (Wildman–Crippen LogP) is 3.35. The van der Waals surface area contributed by atoms with Crippen LogP contribution in [0.5, 0.6) is 0 Å². The highest BCUT2D eigenvalue weighted by atomic mass is 32.2. The van der Waals surface area contributed by atoms with Crippen LogP contribution in [0.3, 0.4) is 0 Å². The maximum Gasteiger partial charge on any atom is 0.225 e. The number of nitrogens with zero attached hydrogens (tertiary/aromatic N) is 3. The Bertz CT molecular complexity index is 595. The van der Waals surface area contributed by atoms with Crippen molar-refractivity contribution in [1.29, 1.82) is 0 Å². The Labute approximate surface area is 126 Å². The fourth-order valence-electron chi connectivity index (χ4n) is 1.96. The molecule has 1 aromatic heterocycles. The highest BCUT2D eigenvalue weighted by Crippen LogP contribution is 2.36. The molecule has 104 valence electrons. The van der Waals surface area contributed by atoms with Crippen molar-refractivity contribution >= 4 is 34.1 Å². The highest BCUT2D eigenvalue weighted by Gasteiger charge is 2.34. The van der Waals surface area contributed by atoms with Crippen molar-refractivity contribution in [3.05, 3.63) is 35.9 Å². The third-order valence-electron chi connectivity index (χ3n) is 3.06. The van der Waals surface area contributed by atoms with E-state index in [4.69, 9.17) is 0 Å². The van der Waals surface area contributed by atoms with Crippen molar-refractivity contribution in [3.8, 4) is 0 Å². The van der Waals surface area contributed by atoms with Crippen molar-refractivity contribution in [2.75, 3.05) is 4.90 Å². The Kier molecular flexibility index (Phi) is 4.03. The quantitative estimate of drug-likeness (QED) is 0.628. The van der Waals surface area contributed by atoms with Gasteiger partial charge < -0.3 is 0 Å². The van der Waals surface area contributed by atoms with Gasteiger partial charge in [0.15, 0.2) is 4.34 Å². The van der Waals surface area contributed by atoms with E-state index in [9.17, 15) is 4.79 Å². The summed E-state index contributed by atoms with van der Waals surface area (Å²) in [6, 6.07) is 10.6. The number of benzene rings is 1. The third kappa shape index (κ3) is 3.19. The summed E-state index contributed by atoms with van der Waals surface area (Å²) in [6.45, 7) is 1.59. The second kappa shape index (κ2) is 5.93. The lowest BCUT2D eigenvalue weighted by molar-refractivity contribution is -0.116. The lowest BCUT2D eigenvalue weighted by atomic mass is 10.2. The molecule has 0 spiro atoms. The van der Waals surface area contributed by atoms with E-state index in [-0.39, 0.29) is 5.91 Å². The molecule has 1 fully saturated rings. The molecule has 20 heavy (non-hydrogen) atoms. The van der Waals surface area contributed by atoms with Gasteiger partial charge in [0.25, 0.3) is 0 Å². The lowest BCUT2D eigenvalue weighted by Crippen LogP contribution is -2.30. The molecule has 1 amide bonds. The zero-order valence-corrected chi connectivity index (χ0v) is 12.8. The van der Waals surface area contributed by atoms with E-state index in [2.05, 4.69) is 22.3 Å². The first-order valence-corrected chi connectivity index (χ1v) is 8.34. The first-order valence-electron chi connectivity index (χ1n) is 6.54. The number of thioether (sulfide) groups is 1. The predicted molar refractivity (Wildman–Crippen MR) is 82.1 cm³/mol. The zero-order valence-electron chi connectivity index (χ0n) is 11.2. The minimum absolute atomic E-state index is 0.0586. The summed E-state index contributed by atoms with van der Waals surface area (Å²) >= 11 is 3.17. The van der Waals surface area contributed by atoms with Gasteiger partial charge >= 0.3 is 0 Å². The Morgan fingerprint density at radius 2 is 2.10 bits per heavy atom. The van der Waals surface area contributed by atoms with Crippen molar-refractivity contribution < 1.29 is 4.79 Å². The van der Waals surface area contributed by atoms with Crippen LogP contribution in [0.25, 0.3) is 0 Å². The highest BCUT2D eigenvalue weighted by molar-refractivity contribution is 8.00. The van der Waals surface area contributed by atoms with Crippen LogP contribution in [-0.4, -0.2) is 22.1 Å². The summed E-state index contributed by atoms with van der Waals surface area (Å²) in [5.41, 5.74) is 1.26. The molecule has 0 radical (unpaired) electrons. The molecule has 1 aliphatic carbocycles. The van der Waals surface area contributed by atoms with Crippen LogP contribution in [0.15, 0.2) is 34.7 Å². The number of hydrogen-bond donors (Lipinski definition) is 0. The van der Waals surface area contributed by atoms with Crippen LogP contribution < -0.4 is 4.90 Å². The van der Waals surface area contributed by atoms with Gasteiger partial charge in [-0.1, -0.05) is 53.4 Å². The van der Waals surface area contributed by atoms with Gasteiger partial charge in [-0.25, -0.2) is 0 Å². The number of anilines is 1. The first kappa shape index (κ1) is 13.6. The van der Waals surface area contributed by atoms with Crippen LogP contribution in [-0.2, 0) is 10.5 Å². The van der Waals surface area contributed by atoms with Crippen LogP contribution in [0.2, 0.25) is 0 Å². The Hall–Kier alpha value is -1.40. The van der Waals surface area contributed by atoms with Gasteiger partial charge in [0.2, 0.25) is 11.0 Å². The van der Waals surface area contributed by atoms with Gasteiger partial charge in [-0.3, -0.25) is 9.69 Å². The zero-order chi connectivity index (χ0) is 13.9. The van der Waals surface area contributed by atoms with E-state index in [1.807, 2.05) is 18.2 Å². The third-order valence-corrected chi connectivity index (χ3v) is 5.19. The van der Waals surface area contributed by atoms with E-state index in [1.54, 1.807) is 23.6 Å². The number of aromatic nitrogens is 2. The minimum atomic E-state index is 0.0586. The molecule has 6 heteroatoms. The fourth-order valence-corrected chi connectivity index (χ4v) is 3.87. The number of hydrogen-bond acceptors (Lipinski definition) is 5. The molecule has 4 nitrogen and oxygen atoms in total. The van der Waals surface area contributed by atoms with Gasteiger partial charge in [-0.15, -0.1) is 10.2 Å². The average molecular weight is 305 g/mol. The van der Waals surface area contributed by atoms with E-state index in [1.165, 1.54) is 16.9 Å². The second-order valence-electron chi connectivity index (χ2n) is 4.75. The molecule has 0 atom stereocenters. The Morgan fingerprint density at radius 1 is 1.35 bits per heavy atom. The summed E-state index contributed by atoms with van der Waals surface area (Å²) in [4.78, 5) is 13.5. The summed E-state index contributed by atoms with van der Waals surface area (Å²) < 4.78 is 0.913. The molecule has 1 aromatic carbocycles. The largest absolute Gasteiger partial charge is 0.284 e. The molecule has 1 saturated carbocycles. The molecular formula is C14H15N3OS2. The summed E-state index contributed by atoms with van der Waals surface area (Å²) in [6.07, 6.45) is 2.15. The maximum atomic E-state index is 11.7. The normalized spacial score (nSPS) is 14.2. The standard InChI is InChI=1S/C14H15N3OS2/c1-10(18)17(12-7-8-12)13-15-16-14(20-13)19-9-11-5-3-2-4-6-11/h2-6,12H,7-9H2,1H3. The van der Waals surface area contributed by atoms with Gasteiger partial charge in [-0.2, -0.15) is 0 Å². The molecular weight excluding hydrogens is 290 g/mol. The van der Waals surface area contributed by atoms with E-state index in [0.29, 0.717) is 6.04 Å². The molecule has 0 unspecified atom stereocenters. The molecule has 0 N–H and O–H groups in total. The van der Waals surface area contributed by atoms with Gasteiger partial charge in [0.05, 0.1) is 0 Å². The lowest BCUT2D eigenvalue weighted by Gasteiger charge is -2.15. The van der Waals surface area contributed by atoms with Crippen molar-refractivity contribution in [1.82, 2.24) is 10.2 Å². The fraction of sp³-hybridized carbons (Fsp3) is 0.357. The van der Waals surface area contributed by atoms with Crippen molar-refractivity contribution in [2.24, 2.45) is 0 Å². The Balaban J connectivity index is 1.66. The molecule has 1 aliphatic rings. The molecule has 0 saturated heterocycles. The number of carbonyl (C=O) groups is 1. The topological polar surface area (TPSA) is 46.1 Å². The van der Waals surface area contributed by atoms with E-state index >= 15 is 0 Å². The number of amides is 1. The monoisotopic (exact) mass is 305 g/mol. The van der Waals surface area contributed by atoms with Gasteiger partial charge in [0.1, 0.15) is 0 Å². The smallest absolute Gasteiger partial charge is 0.225 e. The maximum absolute atomic E-state index is 11.7. The molecule has 0 aliphatic heterocycles. The van der Waals surface area contributed by atoms with Gasteiger partial charge in [0, 0.05) is 18.7 Å². The molecule has 3 rings (SSSR count). The van der Waals surface area contributed by atoms with Crippen LogP contribution in [0, 0.1) is 0 Å². The number of rotatable bonds is 5. The van der Waals surface area contributed by atoms with E-state index in [0.717, 1.165) is 28.1 Å². The minimum Gasteiger partial charge on any atom is -0.284 e. The Morgan fingerprint density at radius 3 is 2.75 bits per heavy atom. The summed E-state index contributed by atoms with van der Waals surface area (Å²) in [7, 11) is 0. The summed E-state index contributed by atoms with van der Waals surface area (Å²) in [5.74, 6) is 0.933. The summed E-state index contributed by atoms with van der Waals surface area (Å²) in [5, 5.41) is 9.08. The van der Waals surface area contributed by atoms with Gasteiger partial charge in [-0.05, 0) is 18.4 Å². The second-order valence-corrected chi connectivity index (χ2v) is 6.92. The van der Waals surface area contributed by atoms with Crippen LogP contribution in [0.4, 0.5) is 5.13 Å².